The minimum absolute atomic E-state index is 0.612. The van der Waals surface area contributed by atoms with Gasteiger partial charge >= 0.3 is 0 Å². The molecule has 1 rings (SSSR count). The Labute approximate surface area is 96.7 Å². The lowest BCUT2D eigenvalue weighted by Gasteiger charge is -2.05. The fraction of sp³-hybridized carbons (Fsp3) is 0.667. The van der Waals surface area contributed by atoms with Crippen molar-refractivity contribution >= 4 is 11.3 Å². The summed E-state index contributed by atoms with van der Waals surface area (Å²) < 4.78 is 5.64. The molecule has 3 heteroatoms. The number of rotatable bonds is 6. The van der Waals surface area contributed by atoms with Crippen molar-refractivity contribution in [2.24, 2.45) is 5.92 Å². The maximum absolute atomic E-state index is 5.64. The number of thiophene rings is 1. The van der Waals surface area contributed by atoms with Gasteiger partial charge in [-0.3, -0.25) is 0 Å². The van der Waals surface area contributed by atoms with E-state index in [1.807, 2.05) is 18.4 Å². The first-order chi connectivity index (χ1) is 7.13. The van der Waals surface area contributed by atoms with Crippen LogP contribution in [-0.2, 0) is 17.9 Å². The average molecular weight is 227 g/mol. The second-order valence-electron chi connectivity index (χ2n) is 4.23. The van der Waals surface area contributed by atoms with E-state index in [-0.39, 0.29) is 0 Å². The van der Waals surface area contributed by atoms with Crippen molar-refractivity contribution in [2.45, 2.75) is 33.9 Å². The van der Waals surface area contributed by atoms with Crippen LogP contribution in [0.3, 0.4) is 0 Å². The molecule has 0 bridgehead atoms. The van der Waals surface area contributed by atoms with Crippen LogP contribution in [0.2, 0.25) is 0 Å². The van der Waals surface area contributed by atoms with Gasteiger partial charge in [0.25, 0.3) is 0 Å². The molecule has 1 aromatic rings. The fourth-order valence-corrected chi connectivity index (χ4v) is 2.46. The first kappa shape index (κ1) is 12.7. The third-order valence-corrected chi connectivity index (χ3v) is 3.22. The molecule has 0 aromatic carbocycles. The zero-order valence-electron chi connectivity index (χ0n) is 10.1. The number of nitrogens with one attached hydrogen (secondary N) is 1. The van der Waals surface area contributed by atoms with Gasteiger partial charge in [-0.2, -0.15) is 0 Å². The van der Waals surface area contributed by atoms with Gasteiger partial charge in [-0.15, -0.1) is 11.3 Å². The molecule has 0 saturated carbocycles. The topological polar surface area (TPSA) is 21.3 Å². The highest BCUT2D eigenvalue weighted by Gasteiger charge is 2.05. The molecule has 1 N–H and O–H groups in total. The van der Waals surface area contributed by atoms with E-state index in [0.717, 1.165) is 19.8 Å². The van der Waals surface area contributed by atoms with E-state index in [2.05, 4.69) is 32.2 Å². The van der Waals surface area contributed by atoms with E-state index in [1.165, 1.54) is 15.3 Å². The molecule has 1 heterocycles. The monoisotopic (exact) mass is 227 g/mol. The fourth-order valence-electron chi connectivity index (χ4n) is 1.40. The molecule has 0 aliphatic rings. The van der Waals surface area contributed by atoms with Gasteiger partial charge in [-0.1, -0.05) is 13.8 Å². The minimum atomic E-state index is 0.612. The summed E-state index contributed by atoms with van der Waals surface area (Å²) in [6.07, 6.45) is 0. The zero-order valence-corrected chi connectivity index (χ0v) is 10.9. The van der Waals surface area contributed by atoms with Gasteiger partial charge in [0.15, 0.2) is 0 Å². The van der Waals surface area contributed by atoms with Crippen LogP contribution < -0.4 is 5.32 Å². The third-order valence-electron chi connectivity index (χ3n) is 2.13. The largest absolute Gasteiger partial charge is 0.376 e. The Morgan fingerprint density at radius 1 is 1.47 bits per heavy atom. The Kier molecular flexibility index (Phi) is 5.29. The smallest absolute Gasteiger partial charge is 0.0727 e. The summed E-state index contributed by atoms with van der Waals surface area (Å²) in [5.41, 5.74) is 1.34. The molecule has 0 amide bonds. The standard InChI is InChI=1S/C12H21NOS/c1-9(2)7-14-8-11-5-12(6-13-4)15-10(11)3/h5,9,13H,6-8H2,1-4H3. The number of hydrogen-bond donors (Lipinski definition) is 1. The van der Waals surface area contributed by atoms with Crippen LogP contribution in [-0.4, -0.2) is 13.7 Å². The summed E-state index contributed by atoms with van der Waals surface area (Å²) in [5, 5.41) is 3.17. The van der Waals surface area contributed by atoms with Crippen LogP contribution >= 0.6 is 11.3 Å². The summed E-state index contributed by atoms with van der Waals surface area (Å²) in [4.78, 5) is 2.77. The van der Waals surface area contributed by atoms with Gasteiger partial charge in [0.1, 0.15) is 0 Å². The summed E-state index contributed by atoms with van der Waals surface area (Å²) in [6.45, 7) is 9.06. The minimum Gasteiger partial charge on any atom is -0.376 e. The number of hydrogen-bond acceptors (Lipinski definition) is 3. The van der Waals surface area contributed by atoms with E-state index in [1.54, 1.807) is 0 Å². The molecule has 15 heavy (non-hydrogen) atoms. The predicted molar refractivity (Wildman–Crippen MR) is 66.3 cm³/mol. The van der Waals surface area contributed by atoms with E-state index in [4.69, 9.17) is 4.74 Å². The molecular formula is C12H21NOS. The second kappa shape index (κ2) is 6.26. The Bertz CT molecular complexity index is 294. The Morgan fingerprint density at radius 2 is 2.20 bits per heavy atom. The van der Waals surface area contributed by atoms with Crippen molar-refractivity contribution in [3.63, 3.8) is 0 Å². The molecule has 0 spiro atoms. The quantitative estimate of drug-likeness (QED) is 0.807. The molecule has 0 radical (unpaired) electrons. The lowest BCUT2D eigenvalue weighted by Crippen LogP contribution is -2.03. The Morgan fingerprint density at radius 3 is 2.80 bits per heavy atom. The molecule has 1 aromatic heterocycles. The number of aryl methyl sites for hydroxylation is 1. The van der Waals surface area contributed by atoms with Gasteiger partial charge in [0.05, 0.1) is 6.61 Å². The third kappa shape index (κ3) is 4.33. The highest BCUT2D eigenvalue weighted by Crippen LogP contribution is 2.22. The molecule has 0 aliphatic heterocycles. The molecule has 86 valence electrons. The van der Waals surface area contributed by atoms with Gasteiger partial charge in [0, 0.05) is 22.9 Å². The molecule has 0 unspecified atom stereocenters. The first-order valence-electron chi connectivity index (χ1n) is 5.44. The summed E-state index contributed by atoms with van der Waals surface area (Å²) in [5.74, 6) is 0.612. The van der Waals surface area contributed by atoms with E-state index < -0.39 is 0 Å². The summed E-state index contributed by atoms with van der Waals surface area (Å²) >= 11 is 1.86. The van der Waals surface area contributed by atoms with Crippen molar-refractivity contribution in [1.29, 1.82) is 0 Å². The van der Waals surface area contributed by atoms with Crippen LogP contribution in [0.1, 0.15) is 29.2 Å². The van der Waals surface area contributed by atoms with Crippen LogP contribution in [0.15, 0.2) is 6.07 Å². The van der Waals surface area contributed by atoms with Gasteiger partial charge < -0.3 is 10.1 Å². The van der Waals surface area contributed by atoms with Gasteiger partial charge in [0.2, 0.25) is 0 Å². The van der Waals surface area contributed by atoms with Crippen molar-refractivity contribution in [3.8, 4) is 0 Å². The normalized spacial score (nSPS) is 11.3. The van der Waals surface area contributed by atoms with Crippen molar-refractivity contribution < 1.29 is 4.74 Å². The van der Waals surface area contributed by atoms with Crippen molar-refractivity contribution in [2.75, 3.05) is 13.7 Å². The lowest BCUT2D eigenvalue weighted by molar-refractivity contribution is 0.0970. The zero-order chi connectivity index (χ0) is 11.3. The highest BCUT2D eigenvalue weighted by molar-refractivity contribution is 7.12. The molecule has 2 nitrogen and oxygen atoms in total. The summed E-state index contributed by atoms with van der Waals surface area (Å²) in [7, 11) is 1.98. The van der Waals surface area contributed by atoms with Gasteiger partial charge in [-0.25, -0.2) is 0 Å². The van der Waals surface area contributed by atoms with Crippen LogP contribution in [0.5, 0.6) is 0 Å². The molecular weight excluding hydrogens is 206 g/mol. The van der Waals surface area contributed by atoms with Crippen LogP contribution in [0, 0.1) is 12.8 Å². The lowest BCUT2D eigenvalue weighted by atomic mass is 10.2. The Balaban J connectivity index is 2.46. The second-order valence-corrected chi connectivity index (χ2v) is 5.57. The maximum Gasteiger partial charge on any atom is 0.0727 e. The SMILES string of the molecule is CNCc1cc(COCC(C)C)c(C)s1. The highest BCUT2D eigenvalue weighted by atomic mass is 32.1. The van der Waals surface area contributed by atoms with E-state index in [9.17, 15) is 0 Å². The molecule has 0 saturated heterocycles. The van der Waals surface area contributed by atoms with Gasteiger partial charge in [-0.05, 0) is 31.5 Å². The van der Waals surface area contributed by atoms with Crippen LogP contribution in [0.25, 0.3) is 0 Å². The maximum atomic E-state index is 5.64. The van der Waals surface area contributed by atoms with E-state index in [0.29, 0.717) is 5.92 Å². The molecule has 0 aliphatic carbocycles. The van der Waals surface area contributed by atoms with Crippen molar-refractivity contribution in [1.82, 2.24) is 5.32 Å². The van der Waals surface area contributed by atoms with Crippen LogP contribution in [0.4, 0.5) is 0 Å². The average Bonchev–Trinajstić information content (AvgIpc) is 2.47. The number of ether oxygens (including phenoxy) is 1. The first-order valence-corrected chi connectivity index (χ1v) is 6.25. The molecule has 0 atom stereocenters. The van der Waals surface area contributed by atoms with Crippen molar-refractivity contribution in [3.05, 3.63) is 21.4 Å². The van der Waals surface area contributed by atoms with E-state index >= 15 is 0 Å². The molecule has 0 fully saturated rings. The predicted octanol–water partition coefficient (Wildman–Crippen LogP) is 2.95. The Hall–Kier alpha value is -0.380. The summed E-state index contributed by atoms with van der Waals surface area (Å²) in [6, 6.07) is 2.25.